The van der Waals surface area contributed by atoms with Crippen molar-refractivity contribution in [3.63, 3.8) is 0 Å². The molecule has 1 unspecified atom stereocenters. The Bertz CT molecular complexity index is 1310. The summed E-state index contributed by atoms with van der Waals surface area (Å²) in [4.78, 5) is 19.8. The molecule has 0 spiro atoms. The van der Waals surface area contributed by atoms with E-state index in [-0.39, 0.29) is 11.6 Å². The van der Waals surface area contributed by atoms with Gasteiger partial charge in [0, 0.05) is 43.3 Å². The fraction of sp³-hybridized carbons (Fsp3) is 0.304. The molecule has 0 bridgehead atoms. The Hall–Kier alpha value is -3.59. The highest BCUT2D eigenvalue weighted by molar-refractivity contribution is 6.12. The van der Waals surface area contributed by atoms with Crippen LogP contribution in [0.25, 0.3) is 16.6 Å². The van der Waals surface area contributed by atoms with Gasteiger partial charge in [0.1, 0.15) is 11.3 Å². The summed E-state index contributed by atoms with van der Waals surface area (Å²) in [6.45, 7) is 6.24. The highest BCUT2D eigenvalue weighted by Gasteiger charge is 2.26. The number of hydrogen-bond acceptors (Lipinski definition) is 6. The molecule has 0 saturated carbocycles. The van der Waals surface area contributed by atoms with E-state index in [2.05, 4.69) is 37.6 Å². The van der Waals surface area contributed by atoms with Crippen LogP contribution in [0.5, 0.6) is 0 Å². The Balaban J connectivity index is 1.61. The van der Waals surface area contributed by atoms with E-state index in [9.17, 15) is 9.18 Å². The van der Waals surface area contributed by atoms with Gasteiger partial charge in [-0.25, -0.2) is 9.37 Å². The summed E-state index contributed by atoms with van der Waals surface area (Å²) in [6, 6.07) is 8.83. The number of carbonyl (C=O) groups excluding carboxylic acids is 1. The van der Waals surface area contributed by atoms with E-state index in [0.29, 0.717) is 28.5 Å². The van der Waals surface area contributed by atoms with Gasteiger partial charge in [-0.3, -0.25) is 9.20 Å². The van der Waals surface area contributed by atoms with Gasteiger partial charge in [0.15, 0.2) is 11.5 Å². The summed E-state index contributed by atoms with van der Waals surface area (Å²) in [5, 5.41) is 15.3. The van der Waals surface area contributed by atoms with Crippen LogP contribution in [0.4, 0.5) is 15.9 Å². The lowest BCUT2D eigenvalue weighted by Gasteiger charge is -2.36. The zero-order valence-corrected chi connectivity index (χ0v) is 18.0. The summed E-state index contributed by atoms with van der Waals surface area (Å²) in [7, 11) is 0. The molecule has 164 valence electrons. The minimum atomic E-state index is -0.489. The molecule has 1 amide bonds. The van der Waals surface area contributed by atoms with Crippen LogP contribution >= 0.6 is 0 Å². The number of imidazole rings is 1. The quantitative estimate of drug-likeness (QED) is 0.514. The third-order valence-corrected chi connectivity index (χ3v) is 5.87. The number of hydrogen-bond donors (Lipinski definition) is 2. The Morgan fingerprint density at radius 3 is 3.06 bits per heavy atom. The topological polar surface area (TPSA) is 87.5 Å². The van der Waals surface area contributed by atoms with Gasteiger partial charge in [0.05, 0.1) is 23.1 Å². The highest BCUT2D eigenvalue weighted by atomic mass is 19.1. The van der Waals surface area contributed by atoms with E-state index < -0.39 is 5.82 Å². The van der Waals surface area contributed by atoms with E-state index in [4.69, 9.17) is 0 Å². The molecule has 1 fully saturated rings. The molecule has 3 aromatic heterocycles. The van der Waals surface area contributed by atoms with Crippen molar-refractivity contribution in [2.45, 2.75) is 26.3 Å². The number of nitrogens with one attached hydrogen (secondary N) is 2. The first-order valence-corrected chi connectivity index (χ1v) is 10.7. The number of carbonyl (C=O) groups is 1. The lowest BCUT2D eigenvalue weighted by molar-refractivity contribution is 0.102. The first-order chi connectivity index (χ1) is 15.5. The molecule has 1 aliphatic rings. The van der Waals surface area contributed by atoms with Crippen molar-refractivity contribution in [2.75, 3.05) is 29.9 Å². The summed E-state index contributed by atoms with van der Waals surface area (Å²) in [6.07, 6.45) is 4.36. The lowest BCUT2D eigenvalue weighted by atomic mass is 10.1. The van der Waals surface area contributed by atoms with E-state index in [1.165, 1.54) is 6.07 Å². The Kier molecular flexibility index (Phi) is 5.18. The van der Waals surface area contributed by atoms with Crippen molar-refractivity contribution in [2.24, 2.45) is 0 Å². The number of fused-ring (bicyclic) bond motifs is 2. The van der Waals surface area contributed by atoms with Gasteiger partial charge in [0.25, 0.3) is 5.91 Å². The van der Waals surface area contributed by atoms with Crippen LogP contribution in [0.1, 0.15) is 29.4 Å². The number of benzene rings is 1. The molecule has 1 aromatic carbocycles. The molecule has 4 heterocycles. The van der Waals surface area contributed by atoms with Gasteiger partial charge in [0.2, 0.25) is 0 Å². The zero-order valence-electron chi connectivity index (χ0n) is 18.0. The number of anilines is 2. The molecule has 5 rings (SSSR count). The number of halogens is 1. The SMILES string of the molecule is CCC1CN(c2c(NC(=O)c3cccc4ccnnc34)cc(F)c3nc(C)cn23)CCN1. The van der Waals surface area contributed by atoms with Gasteiger partial charge in [-0.1, -0.05) is 19.1 Å². The maximum absolute atomic E-state index is 15.0. The molecule has 0 aliphatic carbocycles. The molecule has 2 N–H and O–H groups in total. The molecule has 1 saturated heterocycles. The van der Waals surface area contributed by atoms with Gasteiger partial charge < -0.3 is 15.5 Å². The number of amides is 1. The molecule has 1 atom stereocenters. The standard InChI is InChI=1S/C23H24FN7O/c1-3-16-13-30(10-9-25-16)23-19(11-18(24)21-27-14(2)12-31(21)23)28-22(32)17-6-4-5-15-7-8-26-29-20(15)17/h4-8,11-12,16,25H,3,9-10,13H2,1-2H3,(H,28,32). The number of aromatic nitrogens is 4. The fourth-order valence-corrected chi connectivity index (χ4v) is 4.30. The maximum atomic E-state index is 15.0. The molecule has 0 radical (unpaired) electrons. The predicted octanol–water partition coefficient (Wildman–Crippen LogP) is 3.17. The number of nitrogens with zero attached hydrogens (tertiary/aromatic N) is 5. The second kappa shape index (κ2) is 8.16. The first kappa shape index (κ1) is 20.3. The van der Waals surface area contributed by atoms with Crippen molar-refractivity contribution in [3.05, 3.63) is 59.8 Å². The molecule has 1 aliphatic heterocycles. The zero-order chi connectivity index (χ0) is 22.2. The Morgan fingerprint density at radius 1 is 1.34 bits per heavy atom. The lowest BCUT2D eigenvalue weighted by Crippen LogP contribution is -2.51. The Labute approximate surface area is 184 Å². The largest absolute Gasteiger partial charge is 0.353 e. The van der Waals surface area contributed by atoms with Gasteiger partial charge >= 0.3 is 0 Å². The van der Waals surface area contributed by atoms with Crippen LogP contribution < -0.4 is 15.5 Å². The number of rotatable bonds is 4. The Morgan fingerprint density at radius 2 is 2.22 bits per heavy atom. The molecular formula is C23H24FN7O. The second-order valence-electron chi connectivity index (χ2n) is 8.04. The number of piperazine rings is 1. The van der Waals surface area contributed by atoms with Crippen molar-refractivity contribution in [3.8, 4) is 0 Å². The fourth-order valence-electron chi connectivity index (χ4n) is 4.30. The van der Waals surface area contributed by atoms with E-state index in [1.54, 1.807) is 35.0 Å². The summed E-state index contributed by atoms with van der Waals surface area (Å²) < 4.78 is 16.7. The molecule has 9 heteroatoms. The average Bonchev–Trinajstić information content (AvgIpc) is 3.20. The van der Waals surface area contributed by atoms with Gasteiger partial charge in [-0.2, -0.15) is 5.10 Å². The van der Waals surface area contributed by atoms with Crippen LogP contribution in [-0.4, -0.2) is 51.2 Å². The number of pyridine rings is 1. The molecule has 8 nitrogen and oxygen atoms in total. The van der Waals surface area contributed by atoms with E-state index in [1.807, 2.05) is 13.0 Å². The van der Waals surface area contributed by atoms with Gasteiger partial charge in [-0.15, -0.1) is 5.10 Å². The van der Waals surface area contributed by atoms with E-state index >= 15 is 0 Å². The normalized spacial score (nSPS) is 16.6. The van der Waals surface area contributed by atoms with Crippen molar-refractivity contribution in [1.29, 1.82) is 0 Å². The van der Waals surface area contributed by atoms with Crippen LogP contribution in [0, 0.1) is 12.7 Å². The monoisotopic (exact) mass is 433 g/mol. The first-order valence-electron chi connectivity index (χ1n) is 10.7. The summed E-state index contributed by atoms with van der Waals surface area (Å²) in [5.41, 5.74) is 2.24. The second-order valence-corrected chi connectivity index (χ2v) is 8.04. The minimum Gasteiger partial charge on any atom is -0.353 e. The van der Waals surface area contributed by atoms with Gasteiger partial charge in [-0.05, 0) is 25.5 Å². The smallest absolute Gasteiger partial charge is 0.258 e. The van der Waals surface area contributed by atoms with Crippen molar-refractivity contribution in [1.82, 2.24) is 24.9 Å². The number of aryl methyl sites for hydroxylation is 1. The minimum absolute atomic E-state index is 0.248. The molecular weight excluding hydrogens is 409 g/mol. The van der Waals surface area contributed by atoms with Crippen LogP contribution in [0.3, 0.4) is 0 Å². The maximum Gasteiger partial charge on any atom is 0.258 e. The van der Waals surface area contributed by atoms with Crippen LogP contribution in [0.15, 0.2) is 42.7 Å². The third kappa shape index (κ3) is 3.54. The highest BCUT2D eigenvalue weighted by Crippen LogP contribution is 2.31. The van der Waals surface area contributed by atoms with Crippen LogP contribution in [-0.2, 0) is 0 Å². The van der Waals surface area contributed by atoms with E-state index in [0.717, 1.165) is 37.3 Å². The predicted molar refractivity (Wildman–Crippen MR) is 122 cm³/mol. The summed E-state index contributed by atoms with van der Waals surface area (Å²) >= 11 is 0. The average molecular weight is 433 g/mol. The summed E-state index contributed by atoms with van der Waals surface area (Å²) in [5.74, 6) is -0.131. The van der Waals surface area contributed by atoms with Crippen LogP contribution in [0.2, 0.25) is 0 Å². The third-order valence-electron chi connectivity index (χ3n) is 5.87. The van der Waals surface area contributed by atoms with Crippen molar-refractivity contribution >= 4 is 34.0 Å². The molecule has 4 aromatic rings. The molecule has 32 heavy (non-hydrogen) atoms. The van der Waals surface area contributed by atoms with Crippen molar-refractivity contribution < 1.29 is 9.18 Å².